The molecule has 3 rings (SSSR count). The summed E-state index contributed by atoms with van der Waals surface area (Å²) in [7, 11) is -1.85. The number of hydrogen-bond acceptors (Lipinski definition) is 4. The number of carbonyl (C=O) groups excluding carboxylic acids is 1. The number of para-hydroxylation sites is 1. The van der Waals surface area contributed by atoms with E-state index < -0.39 is 21.5 Å². The van der Waals surface area contributed by atoms with Crippen molar-refractivity contribution in [3.63, 3.8) is 0 Å². The summed E-state index contributed by atoms with van der Waals surface area (Å²) in [6.07, 6.45) is 1.18. The van der Waals surface area contributed by atoms with E-state index in [1.165, 1.54) is 4.90 Å². The SMILES string of the molecule is CC(c1cc2ccccc2o1)N(C)C(=O)CS(=O)(=O)CCCc1ccccc1. The van der Waals surface area contributed by atoms with Crippen molar-refractivity contribution in [2.75, 3.05) is 18.6 Å². The predicted molar refractivity (Wildman–Crippen MR) is 111 cm³/mol. The molecule has 2 aromatic carbocycles. The average molecular weight is 400 g/mol. The fourth-order valence-corrected chi connectivity index (χ4v) is 4.43. The molecule has 0 N–H and O–H groups in total. The summed E-state index contributed by atoms with van der Waals surface area (Å²) in [6, 6.07) is 18.9. The molecule has 1 atom stereocenters. The third-order valence-corrected chi connectivity index (χ3v) is 6.54. The van der Waals surface area contributed by atoms with E-state index in [9.17, 15) is 13.2 Å². The predicted octanol–water partition coefficient (Wildman–Crippen LogP) is 4.00. The summed E-state index contributed by atoms with van der Waals surface area (Å²) in [4.78, 5) is 14.0. The number of amides is 1. The van der Waals surface area contributed by atoms with Gasteiger partial charge < -0.3 is 9.32 Å². The minimum Gasteiger partial charge on any atom is -0.459 e. The summed E-state index contributed by atoms with van der Waals surface area (Å²) in [5, 5.41) is 0.957. The van der Waals surface area contributed by atoms with Crippen LogP contribution in [0.2, 0.25) is 0 Å². The van der Waals surface area contributed by atoms with E-state index in [2.05, 4.69) is 0 Å². The highest BCUT2D eigenvalue weighted by molar-refractivity contribution is 7.92. The van der Waals surface area contributed by atoms with Crippen molar-refractivity contribution in [1.82, 2.24) is 4.90 Å². The van der Waals surface area contributed by atoms with Crippen LogP contribution in [0.15, 0.2) is 65.1 Å². The Kier molecular flexibility index (Phi) is 6.19. The summed E-state index contributed by atoms with van der Waals surface area (Å²) < 4.78 is 30.5. The molecule has 6 heteroatoms. The van der Waals surface area contributed by atoms with Gasteiger partial charge in [0.1, 0.15) is 17.1 Å². The van der Waals surface area contributed by atoms with Crippen LogP contribution in [0, 0.1) is 0 Å². The molecule has 0 radical (unpaired) electrons. The Morgan fingerprint density at radius 1 is 1.07 bits per heavy atom. The highest BCUT2D eigenvalue weighted by Crippen LogP contribution is 2.26. The lowest BCUT2D eigenvalue weighted by Gasteiger charge is -2.23. The van der Waals surface area contributed by atoms with Gasteiger partial charge in [-0.3, -0.25) is 4.79 Å². The standard InChI is InChI=1S/C22H25NO4S/c1-17(21-15-19-12-6-7-13-20(19)27-21)23(2)22(24)16-28(25,26)14-8-11-18-9-4-3-5-10-18/h3-7,9-10,12-13,15,17H,8,11,14,16H2,1-2H3. The fourth-order valence-electron chi connectivity index (χ4n) is 3.12. The Morgan fingerprint density at radius 3 is 2.46 bits per heavy atom. The fraction of sp³-hybridized carbons (Fsp3) is 0.318. The number of rotatable bonds is 8. The van der Waals surface area contributed by atoms with Crippen molar-refractivity contribution in [3.8, 4) is 0 Å². The number of hydrogen-bond donors (Lipinski definition) is 0. The van der Waals surface area contributed by atoms with E-state index in [1.54, 1.807) is 7.05 Å². The van der Waals surface area contributed by atoms with Crippen molar-refractivity contribution in [1.29, 1.82) is 0 Å². The Labute approximate surface area is 165 Å². The third kappa shape index (κ3) is 5.01. The number of aryl methyl sites for hydroxylation is 1. The number of benzene rings is 2. The van der Waals surface area contributed by atoms with Crippen molar-refractivity contribution >= 4 is 26.7 Å². The lowest BCUT2D eigenvalue weighted by atomic mass is 10.1. The van der Waals surface area contributed by atoms with Gasteiger partial charge in [-0.1, -0.05) is 48.5 Å². The van der Waals surface area contributed by atoms with Gasteiger partial charge in [-0.15, -0.1) is 0 Å². The van der Waals surface area contributed by atoms with Crippen LogP contribution in [0.25, 0.3) is 11.0 Å². The first kappa shape index (κ1) is 20.1. The first-order valence-electron chi connectivity index (χ1n) is 9.34. The van der Waals surface area contributed by atoms with Gasteiger partial charge in [0.25, 0.3) is 0 Å². The largest absolute Gasteiger partial charge is 0.459 e. The lowest BCUT2D eigenvalue weighted by molar-refractivity contribution is -0.129. The smallest absolute Gasteiger partial charge is 0.238 e. The van der Waals surface area contributed by atoms with Gasteiger partial charge in [-0.05, 0) is 37.5 Å². The normalized spacial score (nSPS) is 12.8. The second-order valence-electron chi connectivity index (χ2n) is 7.05. The topological polar surface area (TPSA) is 67.6 Å². The van der Waals surface area contributed by atoms with Crippen LogP contribution in [0.4, 0.5) is 0 Å². The summed E-state index contributed by atoms with van der Waals surface area (Å²) in [6.45, 7) is 1.83. The van der Waals surface area contributed by atoms with Crippen LogP contribution in [0.1, 0.15) is 30.7 Å². The zero-order valence-electron chi connectivity index (χ0n) is 16.2. The minimum absolute atomic E-state index is 0.000489. The molecule has 0 spiro atoms. The highest BCUT2D eigenvalue weighted by atomic mass is 32.2. The first-order chi connectivity index (χ1) is 13.4. The van der Waals surface area contributed by atoms with E-state index >= 15 is 0 Å². The number of nitrogens with zero attached hydrogens (tertiary/aromatic N) is 1. The Morgan fingerprint density at radius 2 is 1.75 bits per heavy atom. The molecule has 0 aliphatic heterocycles. The molecule has 0 fully saturated rings. The van der Waals surface area contributed by atoms with Gasteiger partial charge in [-0.2, -0.15) is 0 Å². The van der Waals surface area contributed by atoms with Crippen LogP contribution in [-0.4, -0.2) is 37.8 Å². The van der Waals surface area contributed by atoms with E-state index in [0.717, 1.165) is 16.5 Å². The Balaban J connectivity index is 1.57. The highest BCUT2D eigenvalue weighted by Gasteiger charge is 2.25. The molecular formula is C22H25NO4S. The molecule has 1 unspecified atom stereocenters. The van der Waals surface area contributed by atoms with Crippen molar-refractivity contribution in [2.24, 2.45) is 0 Å². The Hall–Kier alpha value is -2.60. The molecule has 0 saturated heterocycles. The van der Waals surface area contributed by atoms with Gasteiger partial charge in [0.2, 0.25) is 5.91 Å². The second-order valence-corrected chi connectivity index (χ2v) is 9.23. The van der Waals surface area contributed by atoms with Crippen molar-refractivity contribution in [2.45, 2.75) is 25.8 Å². The molecule has 0 bridgehead atoms. The quantitative estimate of drug-likeness (QED) is 0.574. The van der Waals surface area contributed by atoms with Gasteiger partial charge in [-0.25, -0.2) is 8.42 Å². The molecule has 0 saturated carbocycles. The van der Waals surface area contributed by atoms with Crippen LogP contribution < -0.4 is 0 Å². The maximum absolute atomic E-state index is 12.5. The second kappa shape index (κ2) is 8.61. The molecule has 0 aliphatic carbocycles. The molecule has 28 heavy (non-hydrogen) atoms. The molecule has 0 aliphatic rings. The zero-order valence-corrected chi connectivity index (χ0v) is 17.0. The van der Waals surface area contributed by atoms with Crippen LogP contribution in [0.5, 0.6) is 0 Å². The van der Waals surface area contributed by atoms with Crippen molar-refractivity contribution < 1.29 is 17.6 Å². The Bertz CT molecular complexity index is 1010. The van der Waals surface area contributed by atoms with Crippen LogP contribution in [0.3, 0.4) is 0 Å². The van der Waals surface area contributed by atoms with E-state index in [-0.39, 0.29) is 11.8 Å². The molecular weight excluding hydrogens is 374 g/mol. The number of carbonyl (C=O) groups is 1. The molecule has 1 heterocycles. The first-order valence-corrected chi connectivity index (χ1v) is 11.2. The van der Waals surface area contributed by atoms with E-state index in [1.807, 2.05) is 67.6 Å². The average Bonchev–Trinajstić information content (AvgIpc) is 3.11. The molecule has 148 valence electrons. The van der Waals surface area contributed by atoms with Crippen molar-refractivity contribution in [3.05, 3.63) is 72.0 Å². The lowest BCUT2D eigenvalue weighted by Crippen LogP contribution is -2.35. The van der Waals surface area contributed by atoms with Gasteiger partial charge in [0, 0.05) is 12.4 Å². The number of fused-ring (bicyclic) bond motifs is 1. The number of sulfone groups is 1. The summed E-state index contributed by atoms with van der Waals surface area (Å²) >= 11 is 0. The zero-order chi connectivity index (χ0) is 20.1. The van der Waals surface area contributed by atoms with Crippen LogP contribution >= 0.6 is 0 Å². The third-order valence-electron chi connectivity index (χ3n) is 4.94. The molecule has 1 amide bonds. The van der Waals surface area contributed by atoms with E-state index in [0.29, 0.717) is 18.6 Å². The molecule has 5 nitrogen and oxygen atoms in total. The number of furan rings is 1. The monoisotopic (exact) mass is 399 g/mol. The van der Waals surface area contributed by atoms with Gasteiger partial charge in [0.05, 0.1) is 11.8 Å². The van der Waals surface area contributed by atoms with Gasteiger partial charge >= 0.3 is 0 Å². The summed E-state index contributed by atoms with van der Waals surface area (Å²) in [5.74, 6) is -0.269. The molecule has 1 aromatic heterocycles. The van der Waals surface area contributed by atoms with Crippen LogP contribution in [-0.2, 0) is 21.1 Å². The minimum atomic E-state index is -3.46. The maximum atomic E-state index is 12.5. The molecule has 3 aromatic rings. The van der Waals surface area contributed by atoms with Gasteiger partial charge in [0.15, 0.2) is 9.84 Å². The van der Waals surface area contributed by atoms with E-state index in [4.69, 9.17) is 4.42 Å². The summed E-state index contributed by atoms with van der Waals surface area (Å²) in [5.41, 5.74) is 1.85. The maximum Gasteiger partial charge on any atom is 0.238 e.